The molecule has 72 valence electrons. The molecule has 0 spiro atoms. The van der Waals surface area contributed by atoms with Crippen molar-refractivity contribution in [3.8, 4) is 0 Å². The molecule has 0 amide bonds. The lowest BCUT2D eigenvalue weighted by Gasteiger charge is -2.07. The highest BCUT2D eigenvalue weighted by Crippen LogP contribution is 2.11. The van der Waals surface area contributed by atoms with Crippen molar-refractivity contribution in [3.05, 3.63) is 30.4 Å². The molecule has 0 N–H and O–H groups in total. The smallest absolute Gasteiger partial charge is 0.111 e. The number of alkyl halides is 1. The second-order valence-corrected chi connectivity index (χ2v) is 3.53. The van der Waals surface area contributed by atoms with Gasteiger partial charge < -0.3 is 4.57 Å². The normalized spacial score (nSPS) is 11.7. The molecule has 3 heteroatoms. The van der Waals surface area contributed by atoms with Crippen LogP contribution in [0.15, 0.2) is 24.5 Å². The summed E-state index contributed by atoms with van der Waals surface area (Å²) in [5.41, 5.74) is 0. The van der Waals surface area contributed by atoms with Crippen LogP contribution >= 0.6 is 11.6 Å². The monoisotopic (exact) mass is 198 g/mol. The SMILES string of the molecule is CC(C)c1nccn1CC=CCCl. The molecule has 1 aromatic heterocycles. The molecule has 1 aromatic rings. The Balaban J connectivity index is 2.65. The van der Waals surface area contributed by atoms with E-state index in [-0.39, 0.29) is 0 Å². The fourth-order valence-electron chi connectivity index (χ4n) is 1.23. The zero-order chi connectivity index (χ0) is 9.68. The van der Waals surface area contributed by atoms with E-state index < -0.39 is 0 Å². The van der Waals surface area contributed by atoms with E-state index in [1.54, 1.807) is 0 Å². The topological polar surface area (TPSA) is 17.8 Å². The fraction of sp³-hybridized carbons (Fsp3) is 0.500. The number of halogens is 1. The Morgan fingerprint density at radius 3 is 2.92 bits per heavy atom. The summed E-state index contributed by atoms with van der Waals surface area (Å²) in [5.74, 6) is 2.17. The van der Waals surface area contributed by atoms with E-state index in [0.29, 0.717) is 11.8 Å². The van der Waals surface area contributed by atoms with E-state index in [9.17, 15) is 0 Å². The van der Waals surface area contributed by atoms with Crippen LogP contribution in [0.5, 0.6) is 0 Å². The number of nitrogens with zero attached hydrogens (tertiary/aromatic N) is 2. The summed E-state index contributed by atoms with van der Waals surface area (Å²) in [6.45, 7) is 5.15. The third kappa shape index (κ3) is 2.88. The standard InChI is InChI=1S/C10H15ClN2/c1-9(2)10-12-6-8-13(10)7-4-3-5-11/h3-4,6,8-9H,5,7H2,1-2H3. The van der Waals surface area contributed by atoms with Gasteiger partial charge in [0.1, 0.15) is 5.82 Å². The molecule has 0 atom stereocenters. The molecule has 0 saturated carbocycles. The number of imidazole rings is 1. The van der Waals surface area contributed by atoms with Crippen molar-refractivity contribution < 1.29 is 0 Å². The van der Waals surface area contributed by atoms with Gasteiger partial charge in [0.25, 0.3) is 0 Å². The van der Waals surface area contributed by atoms with Gasteiger partial charge in [-0.3, -0.25) is 0 Å². The van der Waals surface area contributed by atoms with Gasteiger partial charge in [0.15, 0.2) is 0 Å². The highest BCUT2D eigenvalue weighted by Gasteiger charge is 2.04. The first-order valence-corrected chi connectivity index (χ1v) is 5.01. The van der Waals surface area contributed by atoms with Crippen LogP contribution in [0.2, 0.25) is 0 Å². The zero-order valence-electron chi connectivity index (χ0n) is 8.07. The van der Waals surface area contributed by atoms with E-state index in [1.807, 2.05) is 18.5 Å². The van der Waals surface area contributed by atoms with Gasteiger partial charge in [0, 0.05) is 30.7 Å². The quantitative estimate of drug-likeness (QED) is 0.538. The van der Waals surface area contributed by atoms with Crippen LogP contribution < -0.4 is 0 Å². The third-order valence-corrected chi connectivity index (χ3v) is 2.00. The Bertz CT molecular complexity index is 276. The van der Waals surface area contributed by atoms with Crippen LogP contribution in [0.4, 0.5) is 0 Å². The van der Waals surface area contributed by atoms with Crippen molar-refractivity contribution in [1.82, 2.24) is 9.55 Å². The Morgan fingerprint density at radius 2 is 2.31 bits per heavy atom. The fourth-order valence-corrected chi connectivity index (χ4v) is 1.35. The van der Waals surface area contributed by atoms with E-state index in [0.717, 1.165) is 12.4 Å². The summed E-state index contributed by atoms with van der Waals surface area (Å²) in [6, 6.07) is 0. The van der Waals surface area contributed by atoms with Gasteiger partial charge in [0.05, 0.1) is 0 Å². The first kappa shape index (κ1) is 10.3. The van der Waals surface area contributed by atoms with Crippen LogP contribution in [0.25, 0.3) is 0 Å². The molecule has 2 nitrogen and oxygen atoms in total. The lowest BCUT2D eigenvalue weighted by atomic mass is 10.2. The molecular formula is C10H15ClN2. The van der Waals surface area contributed by atoms with E-state index in [2.05, 4.69) is 29.5 Å². The van der Waals surface area contributed by atoms with Gasteiger partial charge in [-0.2, -0.15) is 0 Å². The third-order valence-electron chi connectivity index (χ3n) is 1.82. The molecule has 1 rings (SSSR count). The Hall–Kier alpha value is -0.760. The zero-order valence-corrected chi connectivity index (χ0v) is 8.83. The molecular weight excluding hydrogens is 184 g/mol. The number of allylic oxidation sites excluding steroid dienone is 2. The van der Waals surface area contributed by atoms with Gasteiger partial charge in [0.2, 0.25) is 0 Å². The van der Waals surface area contributed by atoms with Crippen molar-refractivity contribution in [2.75, 3.05) is 5.88 Å². The minimum absolute atomic E-state index is 0.472. The van der Waals surface area contributed by atoms with Crippen molar-refractivity contribution >= 4 is 11.6 Å². The van der Waals surface area contributed by atoms with Crippen LogP contribution in [0, 0.1) is 0 Å². The predicted octanol–water partition coefficient (Wildman–Crippen LogP) is 2.80. The van der Waals surface area contributed by atoms with E-state index >= 15 is 0 Å². The summed E-state index contributed by atoms with van der Waals surface area (Å²) in [4.78, 5) is 4.29. The lowest BCUT2D eigenvalue weighted by Crippen LogP contribution is -2.03. The van der Waals surface area contributed by atoms with E-state index in [4.69, 9.17) is 11.6 Å². The molecule has 0 aromatic carbocycles. The lowest BCUT2D eigenvalue weighted by molar-refractivity contribution is 0.678. The van der Waals surface area contributed by atoms with Crippen LogP contribution in [0.3, 0.4) is 0 Å². The molecule has 0 fully saturated rings. The molecule has 1 heterocycles. The summed E-state index contributed by atoms with van der Waals surface area (Å²) < 4.78 is 2.13. The van der Waals surface area contributed by atoms with E-state index in [1.165, 1.54) is 0 Å². The molecule has 0 unspecified atom stereocenters. The second kappa shape index (κ2) is 5.07. The first-order chi connectivity index (χ1) is 6.25. The number of hydrogen-bond acceptors (Lipinski definition) is 1. The van der Waals surface area contributed by atoms with Gasteiger partial charge in [-0.1, -0.05) is 26.0 Å². The summed E-state index contributed by atoms with van der Waals surface area (Å²) in [5, 5.41) is 0. The maximum absolute atomic E-state index is 5.53. The van der Waals surface area contributed by atoms with Crippen molar-refractivity contribution in [2.24, 2.45) is 0 Å². The van der Waals surface area contributed by atoms with Crippen LogP contribution in [-0.4, -0.2) is 15.4 Å². The molecule has 0 aliphatic carbocycles. The average Bonchev–Trinajstić information content (AvgIpc) is 2.53. The molecule has 0 bridgehead atoms. The minimum Gasteiger partial charge on any atom is -0.331 e. The highest BCUT2D eigenvalue weighted by atomic mass is 35.5. The number of aromatic nitrogens is 2. The molecule has 0 aliphatic rings. The van der Waals surface area contributed by atoms with Crippen LogP contribution in [0.1, 0.15) is 25.6 Å². The molecule has 0 saturated heterocycles. The van der Waals surface area contributed by atoms with Crippen molar-refractivity contribution in [1.29, 1.82) is 0 Å². The van der Waals surface area contributed by atoms with Crippen molar-refractivity contribution in [2.45, 2.75) is 26.3 Å². The number of rotatable bonds is 4. The summed E-state index contributed by atoms with van der Waals surface area (Å²) in [7, 11) is 0. The second-order valence-electron chi connectivity index (χ2n) is 3.22. The maximum Gasteiger partial charge on any atom is 0.111 e. The van der Waals surface area contributed by atoms with Gasteiger partial charge in [-0.15, -0.1) is 11.6 Å². The molecule has 0 aliphatic heterocycles. The van der Waals surface area contributed by atoms with Crippen LogP contribution in [-0.2, 0) is 6.54 Å². The minimum atomic E-state index is 0.472. The summed E-state index contributed by atoms with van der Waals surface area (Å²) in [6.07, 6.45) is 7.84. The Kier molecular flexibility index (Phi) is 4.03. The van der Waals surface area contributed by atoms with Gasteiger partial charge in [-0.25, -0.2) is 4.98 Å². The predicted molar refractivity (Wildman–Crippen MR) is 56.2 cm³/mol. The summed E-state index contributed by atoms with van der Waals surface area (Å²) >= 11 is 5.53. The Morgan fingerprint density at radius 1 is 1.54 bits per heavy atom. The highest BCUT2D eigenvalue weighted by molar-refractivity contribution is 6.18. The van der Waals surface area contributed by atoms with Gasteiger partial charge >= 0.3 is 0 Å². The largest absolute Gasteiger partial charge is 0.331 e. The first-order valence-electron chi connectivity index (χ1n) is 4.47. The Labute approximate surface area is 84.2 Å². The average molecular weight is 199 g/mol. The maximum atomic E-state index is 5.53. The molecule has 13 heavy (non-hydrogen) atoms. The number of hydrogen-bond donors (Lipinski definition) is 0. The van der Waals surface area contributed by atoms with Gasteiger partial charge in [-0.05, 0) is 0 Å². The molecule has 0 radical (unpaired) electrons. The van der Waals surface area contributed by atoms with Crippen molar-refractivity contribution in [3.63, 3.8) is 0 Å².